The molecule has 0 saturated heterocycles. The Labute approximate surface area is 175 Å². The average molecular weight is 410 g/mol. The molecule has 1 aliphatic heterocycles. The number of amides is 1. The van der Waals surface area contributed by atoms with Gasteiger partial charge in [0, 0.05) is 24.5 Å². The molecule has 9 nitrogen and oxygen atoms in total. The summed E-state index contributed by atoms with van der Waals surface area (Å²) in [6, 6.07) is 7.66. The highest BCUT2D eigenvalue weighted by atomic mass is 16.7. The highest BCUT2D eigenvalue weighted by molar-refractivity contribution is 5.90. The molecule has 1 amide bonds. The number of rotatable bonds is 7. The number of carbonyl (C=O) groups is 1. The molecule has 1 aromatic carbocycles. The predicted molar refractivity (Wildman–Crippen MR) is 111 cm³/mol. The third-order valence-electron chi connectivity index (χ3n) is 4.94. The lowest BCUT2D eigenvalue weighted by Crippen LogP contribution is -2.33. The first kappa shape index (κ1) is 20.1. The molecule has 0 aliphatic carbocycles. The van der Waals surface area contributed by atoms with Crippen LogP contribution in [0.5, 0.6) is 11.5 Å². The van der Waals surface area contributed by atoms with E-state index in [9.17, 15) is 4.79 Å². The summed E-state index contributed by atoms with van der Waals surface area (Å²) in [5.74, 6) is 1.81. The number of hydrogen-bond donors (Lipinski definition) is 0. The van der Waals surface area contributed by atoms with E-state index >= 15 is 0 Å². The van der Waals surface area contributed by atoms with Crippen LogP contribution in [-0.2, 0) is 6.54 Å². The predicted octanol–water partition coefficient (Wildman–Crippen LogP) is 2.06. The normalized spacial score (nSPS) is 12.7. The van der Waals surface area contributed by atoms with Gasteiger partial charge in [0.15, 0.2) is 11.5 Å². The fraction of sp³-hybridized carbons (Fsp3) is 0.429. The highest BCUT2D eigenvalue weighted by Crippen LogP contribution is 2.32. The Morgan fingerprint density at radius 1 is 1.10 bits per heavy atom. The van der Waals surface area contributed by atoms with Gasteiger partial charge in [-0.05, 0) is 64.7 Å². The zero-order valence-corrected chi connectivity index (χ0v) is 17.8. The zero-order chi connectivity index (χ0) is 21.3. The highest BCUT2D eigenvalue weighted by Gasteiger charge is 2.23. The second-order valence-electron chi connectivity index (χ2n) is 7.76. The average Bonchev–Trinajstić information content (AvgIpc) is 3.32. The fourth-order valence-corrected chi connectivity index (χ4v) is 3.49. The molecule has 0 atom stereocenters. The Kier molecular flexibility index (Phi) is 5.54. The first-order chi connectivity index (χ1) is 14.4. The zero-order valence-electron chi connectivity index (χ0n) is 17.8. The van der Waals surface area contributed by atoms with E-state index < -0.39 is 0 Å². The molecule has 0 fully saturated rings. The summed E-state index contributed by atoms with van der Waals surface area (Å²) in [4.78, 5) is 26.0. The van der Waals surface area contributed by atoms with E-state index in [4.69, 9.17) is 9.47 Å². The summed E-state index contributed by atoms with van der Waals surface area (Å²) in [5, 5.41) is 4.41. The Morgan fingerprint density at radius 2 is 1.90 bits per heavy atom. The van der Waals surface area contributed by atoms with Crippen LogP contribution in [0.4, 0.5) is 0 Å². The molecule has 0 saturated carbocycles. The molecule has 3 aromatic rings. The van der Waals surface area contributed by atoms with E-state index in [1.165, 1.54) is 0 Å². The minimum atomic E-state index is -0.214. The Balaban J connectivity index is 1.59. The second kappa shape index (κ2) is 8.27. The fourth-order valence-electron chi connectivity index (χ4n) is 3.49. The number of carbonyl (C=O) groups excluding carboxylic acids is 1. The minimum Gasteiger partial charge on any atom is -0.454 e. The molecule has 2 aromatic heterocycles. The van der Waals surface area contributed by atoms with Crippen molar-refractivity contribution in [3.05, 3.63) is 47.0 Å². The SMILES string of the molecule is Cc1cc(C)n2nc(C(=O)N(CCCN(C)C)Cc3ccc4c(c3)OCO4)nc2n1. The smallest absolute Gasteiger partial charge is 0.293 e. The van der Waals surface area contributed by atoms with Crippen LogP contribution in [0.1, 0.15) is 34.0 Å². The monoisotopic (exact) mass is 410 g/mol. The molecule has 0 spiro atoms. The lowest BCUT2D eigenvalue weighted by Gasteiger charge is -2.22. The van der Waals surface area contributed by atoms with Gasteiger partial charge in [-0.3, -0.25) is 4.79 Å². The first-order valence-corrected chi connectivity index (χ1v) is 9.94. The number of ether oxygens (including phenoxy) is 2. The van der Waals surface area contributed by atoms with Gasteiger partial charge in [-0.1, -0.05) is 6.07 Å². The number of hydrogen-bond acceptors (Lipinski definition) is 7. The summed E-state index contributed by atoms with van der Waals surface area (Å²) < 4.78 is 12.5. The maximum Gasteiger partial charge on any atom is 0.293 e. The van der Waals surface area contributed by atoms with E-state index in [0.29, 0.717) is 24.6 Å². The number of fused-ring (bicyclic) bond motifs is 2. The van der Waals surface area contributed by atoms with Crippen molar-refractivity contribution < 1.29 is 14.3 Å². The van der Waals surface area contributed by atoms with Crippen molar-refractivity contribution in [2.75, 3.05) is 34.0 Å². The number of aryl methyl sites for hydroxylation is 2. The maximum absolute atomic E-state index is 13.3. The third-order valence-corrected chi connectivity index (χ3v) is 4.94. The van der Waals surface area contributed by atoms with Gasteiger partial charge in [0.2, 0.25) is 12.6 Å². The minimum absolute atomic E-state index is 0.154. The van der Waals surface area contributed by atoms with E-state index in [1.54, 1.807) is 9.42 Å². The van der Waals surface area contributed by atoms with Gasteiger partial charge < -0.3 is 19.3 Å². The summed E-state index contributed by atoms with van der Waals surface area (Å²) in [5.41, 5.74) is 2.69. The summed E-state index contributed by atoms with van der Waals surface area (Å²) in [6.07, 6.45) is 0.840. The summed E-state index contributed by atoms with van der Waals surface area (Å²) in [7, 11) is 4.04. The molecule has 30 heavy (non-hydrogen) atoms. The Bertz CT molecular complexity index is 1080. The van der Waals surface area contributed by atoms with Crippen LogP contribution < -0.4 is 9.47 Å². The van der Waals surface area contributed by atoms with Crippen molar-refractivity contribution in [3.8, 4) is 11.5 Å². The molecule has 1 aliphatic rings. The van der Waals surface area contributed by atoms with Crippen LogP contribution in [0.25, 0.3) is 5.78 Å². The number of aromatic nitrogens is 4. The maximum atomic E-state index is 13.3. The molecule has 9 heteroatoms. The standard InChI is InChI=1S/C21H26N6O3/c1-14-10-15(2)27-21(22-14)23-19(24-27)20(28)26(9-5-8-25(3)4)12-16-6-7-17-18(11-16)30-13-29-17/h6-7,10-11H,5,8-9,12-13H2,1-4H3. The van der Waals surface area contributed by atoms with Gasteiger partial charge in [0.05, 0.1) is 0 Å². The molecule has 4 rings (SSSR count). The van der Waals surface area contributed by atoms with Crippen molar-refractivity contribution in [1.82, 2.24) is 29.4 Å². The summed E-state index contributed by atoms with van der Waals surface area (Å²) in [6.45, 7) is 5.95. The van der Waals surface area contributed by atoms with E-state index in [2.05, 4.69) is 20.0 Å². The van der Waals surface area contributed by atoms with Crippen molar-refractivity contribution >= 4 is 11.7 Å². The molecular weight excluding hydrogens is 384 g/mol. The van der Waals surface area contributed by atoms with E-state index in [1.807, 2.05) is 52.2 Å². The van der Waals surface area contributed by atoms with Crippen molar-refractivity contribution in [3.63, 3.8) is 0 Å². The Morgan fingerprint density at radius 3 is 2.70 bits per heavy atom. The van der Waals surface area contributed by atoms with Crippen LogP contribution in [0, 0.1) is 13.8 Å². The van der Waals surface area contributed by atoms with Gasteiger partial charge in [0.1, 0.15) is 0 Å². The lowest BCUT2D eigenvalue weighted by molar-refractivity contribution is 0.0725. The molecule has 0 radical (unpaired) electrons. The van der Waals surface area contributed by atoms with Crippen molar-refractivity contribution in [2.45, 2.75) is 26.8 Å². The van der Waals surface area contributed by atoms with Gasteiger partial charge >= 0.3 is 0 Å². The largest absolute Gasteiger partial charge is 0.454 e. The van der Waals surface area contributed by atoms with Gasteiger partial charge in [0.25, 0.3) is 11.7 Å². The first-order valence-electron chi connectivity index (χ1n) is 9.94. The van der Waals surface area contributed by atoms with E-state index in [-0.39, 0.29) is 18.5 Å². The van der Waals surface area contributed by atoms with Gasteiger partial charge in [-0.2, -0.15) is 4.98 Å². The van der Waals surface area contributed by atoms with Gasteiger partial charge in [-0.25, -0.2) is 9.50 Å². The van der Waals surface area contributed by atoms with E-state index in [0.717, 1.165) is 35.7 Å². The van der Waals surface area contributed by atoms with Crippen LogP contribution >= 0.6 is 0 Å². The number of benzene rings is 1. The van der Waals surface area contributed by atoms with Crippen molar-refractivity contribution in [1.29, 1.82) is 0 Å². The van der Waals surface area contributed by atoms with Gasteiger partial charge in [-0.15, -0.1) is 5.10 Å². The van der Waals surface area contributed by atoms with Crippen LogP contribution in [0.2, 0.25) is 0 Å². The second-order valence-corrected chi connectivity index (χ2v) is 7.76. The lowest BCUT2D eigenvalue weighted by atomic mass is 10.1. The van der Waals surface area contributed by atoms with Crippen molar-refractivity contribution in [2.24, 2.45) is 0 Å². The quantitative estimate of drug-likeness (QED) is 0.589. The molecule has 0 N–H and O–H groups in total. The summed E-state index contributed by atoms with van der Waals surface area (Å²) >= 11 is 0. The van der Waals surface area contributed by atoms with Crippen LogP contribution in [0.3, 0.4) is 0 Å². The Hall–Kier alpha value is -3.20. The molecule has 0 unspecified atom stereocenters. The molecule has 0 bridgehead atoms. The van der Waals surface area contributed by atoms with Crippen LogP contribution in [0.15, 0.2) is 24.3 Å². The molecular formula is C21H26N6O3. The number of nitrogens with zero attached hydrogens (tertiary/aromatic N) is 6. The molecule has 3 heterocycles. The third kappa shape index (κ3) is 4.20. The van der Waals surface area contributed by atoms with Crippen LogP contribution in [-0.4, -0.2) is 69.3 Å². The molecule has 158 valence electrons. The topological polar surface area (TPSA) is 85.1 Å².